The number of ether oxygens (including phenoxy) is 1. The molecule has 0 fully saturated rings. The van der Waals surface area contributed by atoms with Crippen molar-refractivity contribution in [1.82, 2.24) is 0 Å². The molecule has 0 saturated carbocycles. The van der Waals surface area contributed by atoms with Crippen LogP contribution in [0, 0.1) is 18.4 Å². The standard InChI is InChI=1S/C11H13NO/c1-8(2)10-5-4-9(3)6-11(10)13-7-12/h4-6,8H,1-3H3. The van der Waals surface area contributed by atoms with Crippen LogP contribution in [0.15, 0.2) is 18.2 Å². The first-order valence-corrected chi connectivity index (χ1v) is 4.31. The van der Waals surface area contributed by atoms with E-state index in [-0.39, 0.29) is 0 Å². The van der Waals surface area contributed by atoms with Crippen LogP contribution in [0.4, 0.5) is 0 Å². The highest BCUT2D eigenvalue weighted by atomic mass is 16.5. The highest BCUT2D eigenvalue weighted by Crippen LogP contribution is 2.27. The third-order valence-electron chi connectivity index (χ3n) is 1.95. The molecule has 0 heterocycles. The maximum absolute atomic E-state index is 8.44. The molecule has 0 aliphatic carbocycles. The Morgan fingerprint density at radius 2 is 2.08 bits per heavy atom. The van der Waals surface area contributed by atoms with Crippen molar-refractivity contribution < 1.29 is 4.74 Å². The Morgan fingerprint density at radius 3 is 2.62 bits per heavy atom. The highest BCUT2D eigenvalue weighted by molar-refractivity contribution is 5.39. The molecule has 2 heteroatoms. The van der Waals surface area contributed by atoms with E-state index < -0.39 is 0 Å². The molecule has 2 nitrogen and oxygen atoms in total. The molecule has 1 aromatic rings. The topological polar surface area (TPSA) is 33.0 Å². The summed E-state index contributed by atoms with van der Waals surface area (Å²) in [6.07, 6.45) is 1.71. The molecule has 0 aliphatic rings. The molecule has 0 atom stereocenters. The van der Waals surface area contributed by atoms with Gasteiger partial charge in [-0.1, -0.05) is 26.0 Å². The summed E-state index contributed by atoms with van der Waals surface area (Å²) in [5.41, 5.74) is 2.18. The van der Waals surface area contributed by atoms with Gasteiger partial charge in [0.2, 0.25) is 0 Å². The van der Waals surface area contributed by atoms with Crippen LogP contribution < -0.4 is 4.74 Å². The van der Waals surface area contributed by atoms with Gasteiger partial charge in [-0.15, -0.1) is 5.26 Å². The zero-order valence-corrected chi connectivity index (χ0v) is 8.16. The maximum Gasteiger partial charge on any atom is 0.292 e. The molecular weight excluding hydrogens is 162 g/mol. The maximum atomic E-state index is 8.44. The molecule has 0 aromatic heterocycles. The number of hydrogen-bond donors (Lipinski definition) is 0. The second kappa shape index (κ2) is 3.95. The van der Waals surface area contributed by atoms with Crippen LogP contribution in [-0.2, 0) is 0 Å². The van der Waals surface area contributed by atoms with Gasteiger partial charge in [0, 0.05) is 0 Å². The van der Waals surface area contributed by atoms with Crippen LogP contribution in [0.5, 0.6) is 5.75 Å². The van der Waals surface area contributed by atoms with Gasteiger partial charge < -0.3 is 4.74 Å². The normalized spacial score (nSPS) is 9.77. The monoisotopic (exact) mass is 175 g/mol. The van der Waals surface area contributed by atoms with Crippen LogP contribution in [-0.4, -0.2) is 0 Å². The lowest BCUT2D eigenvalue weighted by Crippen LogP contribution is -1.93. The molecule has 0 amide bonds. The molecule has 0 radical (unpaired) electrons. The summed E-state index contributed by atoms with van der Waals surface area (Å²) in [5.74, 6) is 1.06. The van der Waals surface area contributed by atoms with Gasteiger partial charge >= 0.3 is 0 Å². The van der Waals surface area contributed by atoms with Crippen LogP contribution >= 0.6 is 0 Å². The molecule has 0 saturated heterocycles. The number of aryl methyl sites for hydroxylation is 1. The Kier molecular flexibility index (Phi) is 2.92. The van der Waals surface area contributed by atoms with Gasteiger partial charge in [-0.3, -0.25) is 0 Å². The van der Waals surface area contributed by atoms with Gasteiger partial charge in [0.15, 0.2) is 0 Å². The SMILES string of the molecule is Cc1ccc(C(C)C)c(OC#N)c1. The molecule has 1 rings (SSSR count). The molecule has 0 aliphatic heterocycles. The second-order valence-corrected chi connectivity index (χ2v) is 3.39. The van der Waals surface area contributed by atoms with E-state index >= 15 is 0 Å². The Morgan fingerprint density at radius 1 is 1.38 bits per heavy atom. The lowest BCUT2D eigenvalue weighted by molar-refractivity contribution is 0.496. The third-order valence-corrected chi connectivity index (χ3v) is 1.95. The minimum Gasteiger partial charge on any atom is -0.388 e. The van der Waals surface area contributed by atoms with Crippen LogP contribution in [0.1, 0.15) is 30.9 Å². The van der Waals surface area contributed by atoms with Crippen molar-refractivity contribution in [1.29, 1.82) is 5.26 Å². The largest absolute Gasteiger partial charge is 0.388 e. The fourth-order valence-corrected chi connectivity index (χ4v) is 1.26. The minimum absolute atomic E-state index is 0.379. The van der Waals surface area contributed by atoms with Gasteiger partial charge in [-0.25, -0.2) is 0 Å². The predicted molar refractivity (Wildman–Crippen MR) is 51.5 cm³/mol. The lowest BCUT2D eigenvalue weighted by atomic mass is 10.0. The zero-order chi connectivity index (χ0) is 9.84. The van der Waals surface area contributed by atoms with Crippen molar-refractivity contribution in [3.05, 3.63) is 29.3 Å². The first-order chi connectivity index (χ1) is 6.15. The summed E-state index contributed by atoms with van der Waals surface area (Å²) >= 11 is 0. The summed E-state index contributed by atoms with van der Waals surface area (Å²) in [5, 5.41) is 8.44. The summed E-state index contributed by atoms with van der Waals surface area (Å²) in [6.45, 7) is 6.14. The van der Waals surface area contributed by atoms with Crippen molar-refractivity contribution in [3.8, 4) is 12.0 Å². The third kappa shape index (κ3) is 2.22. The fourth-order valence-electron chi connectivity index (χ4n) is 1.26. The van der Waals surface area contributed by atoms with E-state index in [1.807, 2.05) is 25.1 Å². The summed E-state index contributed by atoms with van der Waals surface area (Å²) in [7, 11) is 0. The van der Waals surface area contributed by atoms with Crippen molar-refractivity contribution >= 4 is 0 Å². The van der Waals surface area contributed by atoms with Gasteiger partial charge in [0.05, 0.1) is 0 Å². The number of hydrogen-bond acceptors (Lipinski definition) is 2. The van der Waals surface area contributed by atoms with E-state index in [0.29, 0.717) is 11.7 Å². The molecular formula is C11H13NO. The Bertz CT molecular complexity index is 336. The van der Waals surface area contributed by atoms with Gasteiger partial charge in [0.1, 0.15) is 5.75 Å². The number of nitrogens with zero attached hydrogens (tertiary/aromatic N) is 1. The molecule has 13 heavy (non-hydrogen) atoms. The van der Waals surface area contributed by atoms with Gasteiger partial charge in [0.25, 0.3) is 6.26 Å². The number of rotatable bonds is 2. The summed E-state index contributed by atoms with van der Waals surface area (Å²) in [4.78, 5) is 0. The average molecular weight is 175 g/mol. The number of nitriles is 1. The highest BCUT2D eigenvalue weighted by Gasteiger charge is 2.07. The Hall–Kier alpha value is -1.49. The fraction of sp³-hybridized carbons (Fsp3) is 0.364. The van der Waals surface area contributed by atoms with E-state index in [4.69, 9.17) is 10.00 Å². The van der Waals surface area contributed by atoms with E-state index in [2.05, 4.69) is 13.8 Å². The van der Waals surface area contributed by atoms with Crippen molar-refractivity contribution in [2.24, 2.45) is 0 Å². The average Bonchev–Trinajstić information content (AvgIpc) is 2.04. The second-order valence-electron chi connectivity index (χ2n) is 3.39. The van der Waals surface area contributed by atoms with Crippen LogP contribution in [0.25, 0.3) is 0 Å². The van der Waals surface area contributed by atoms with Gasteiger partial charge in [-0.05, 0) is 30.0 Å². The molecule has 68 valence electrons. The van der Waals surface area contributed by atoms with Crippen molar-refractivity contribution in [3.63, 3.8) is 0 Å². The summed E-state index contributed by atoms with van der Waals surface area (Å²) in [6, 6.07) is 5.92. The first-order valence-electron chi connectivity index (χ1n) is 4.31. The van der Waals surface area contributed by atoms with Crippen molar-refractivity contribution in [2.75, 3.05) is 0 Å². The number of benzene rings is 1. The zero-order valence-electron chi connectivity index (χ0n) is 8.16. The lowest BCUT2D eigenvalue weighted by Gasteiger charge is -2.09. The van der Waals surface area contributed by atoms with E-state index in [9.17, 15) is 0 Å². The molecule has 0 unspecified atom stereocenters. The minimum atomic E-state index is 0.379. The van der Waals surface area contributed by atoms with Gasteiger partial charge in [-0.2, -0.15) is 0 Å². The Labute approximate surface area is 78.8 Å². The predicted octanol–water partition coefficient (Wildman–Crippen LogP) is 2.98. The van der Waals surface area contributed by atoms with Crippen LogP contribution in [0.3, 0.4) is 0 Å². The van der Waals surface area contributed by atoms with E-state index in [1.54, 1.807) is 6.26 Å². The molecule has 1 aromatic carbocycles. The quantitative estimate of drug-likeness (QED) is 0.647. The molecule has 0 bridgehead atoms. The first kappa shape index (κ1) is 9.60. The Balaban J connectivity index is 3.12. The van der Waals surface area contributed by atoms with E-state index in [0.717, 1.165) is 11.1 Å². The van der Waals surface area contributed by atoms with E-state index in [1.165, 1.54) is 0 Å². The smallest absolute Gasteiger partial charge is 0.292 e. The summed E-state index contributed by atoms with van der Waals surface area (Å²) < 4.78 is 4.88. The molecule has 0 spiro atoms. The van der Waals surface area contributed by atoms with Crippen LogP contribution in [0.2, 0.25) is 0 Å². The van der Waals surface area contributed by atoms with Crippen molar-refractivity contribution in [2.45, 2.75) is 26.7 Å². The molecule has 0 N–H and O–H groups in total.